The molecule has 1 aliphatic heterocycles. The van der Waals surface area contributed by atoms with Crippen LogP contribution in [0.3, 0.4) is 0 Å². The summed E-state index contributed by atoms with van der Waals surface area (Å²) in [5.74, 6) is 1.08. The van der Waals surface area contributed by atoms with Crippen molar-refractivity contribution in [2.24, 2.45) is 7.05 Å². The van der Waals surface area contributed by atoms with Crippen LogP contribution in [-0.4, -0.2) is 28.3 Å². The highest BCUT2D eigenvalue weighted by molar-refractivity contribution is 5.75. The fraction of sp³-hybridized carbons (Fsp3) is 0.533. The molecule has 1 N–H and O–H groups in total. The van der Waals surface area contributed by atoms with Crippen molar-refractivity contribution in [3.05, 3.63) is 30.1 Å². The highest BCUT2D eigenvalue weighted by Gasteiger charge is 2.22. The van der Waals surface area contributed by atoms with Crippen molar-refractivity contribution in [3.8, 4) is 0 Å². The highest BCUT2D eigenvalue weighted by Crippen LogP contribution is 2.17. The van der Waals surface area contributed by atoms with E-state index in [0.717, 1.165) is 30.9 Å². The smallest absolute Gasteiger partial charge is 0.123 e. The molecule has 0 bridgehead atoms. The van der Waals surface area contributed by atoms with Crippen LogP contribution in [0.4, 0.5) is 0 Å². The first-order valence-corrected chi connectivity index (χ1v) is 7.01. The molecule has 0 radical (unpaired) electrons. The summed E-state index contributed by atoms with van der Waals surface area (Å²) in [6.07, 6.45) is 2.70. The molecule has 102 valence electrons. The van der Waals surface area contributed by atoms with Crippen molar-refractivity contribution < 1.29 is 4.74 Å². The summed E-state index contributed by atoms with van der Waals surface area (Å²) in [7, 11) is 2.07. The number of benzene rings is 1. The summed E-state index contributed by atoms with van der Waals surface area (Å²) in [6, 6.07) is 8.62. The third-order valence-corrected chi connectivity index (χ3v) is 3.98. The lowest BCUT2D eigenvalue weighted by molar-refractivity contribution is 0.0829. The second-order valence-electron chi connectivity index (χ2n) is 5.30. The Kier molecular flexibility index (Phi) is 3.53. The van der Waals surface area contributed by atoms with Crippen molar-refractivity contribution >= 4 is 11.0 Å². The molecule has 3 rings (SSSR count). The van der Waals surface area contributed by atoms with Crippen LogP contribution in [0.15, 0.2) is 24.3 Å². The van der Waals surface area contributed by atoms with Crippen molar-refractivity contribution in [3.63, 3.8) is 0 Å². The molecule has 4 nitrogen and oxygen atoms in total. The van der Waals surface area contributed by atoms with E-state index in [1.165, 1.54) is 11.9 Å². The number of para-hydroxylation sites is 2. The number of aromatic nitrogens is 2. The lowest BCUT2D eigenvalue weighted by Gasteiger charge is -2.19. The monoisotopic (exact) mass is 259 g/mol. The predicted molar refractivity (Wildman–Crippen MR) is 76.0 cm³/mol. The molecular formula is C15H21N3O. The summed E-state index contributed by atoms with van der Waals surface area (Å²) in [5.41, 5.74) is 2.25. The summed E-state index contributed by atoms with van der Waals surface area (Å²) in [5, 5.41) is 3.53. The first-order chi connectivity index (χ1) is 9.25. The first kappa shape index (κ1) is 12.6. The molecule has 1 saturated heterocycles. The number of hydrogen-bond acceptors (Lipinski definition) is 3. The lowest BCUT2D eigenvalue weighted by atomic mass is 10.1. The lowest BCUT2D eigenvalue weighted by Crippen LogP contribution is -2.37. The zero-order valence-corrected chi connectivity index (χ0v) is 11.6. The van der Waals surface area contributed by atoms with E-state index in [9.17, 15) is 0 Å². The number of nitrogens with zero attached hydrogens (tertiary/aromatic N) is 2. The maximum Gasteiger partial charge on any atom is 0.123 e. The van der Waals surface area contributed by atoms with Gasteiger partial charge in [-0.1, -0.05) is 12.1 Å². The maximum atomic E-state index is 5.70. The maximum absolute atomic E-state index is 5.70. The molecule has 4 heteroatoms. The van der Waals surface area contributed by atoms with E-state index in [1.807, 2.05) is 6.07 Å². The van der Waals surface area contributed by atoms with Gasteiger partial charge in [-0.15, -0.1) is 0 Å². The van der Waals surface area contributed by atoms with Gasteiger partial charge in [-0.25, -0.2) is 4.98 Å². The predicted octanol–water partition coefficient (Wildman–Crippen LogP) is 2.23. The Labute approximate surface area is 113 Å². The van der Waals surface area contributed by atoms with Crippen LogP contribution in [0.25, 0.3) is 11.0 Å². The van der Waals surface area contributed by atoms with E-state index < -0.39 is 0 Å². The molecule has 2 heterocycles. The van der Waals surface area contributed by atoms with Crippen LogP contribution in [0, 0.1) is 0 Å². The number of aryl methyl sites for hydroxylation is 1. The van der Waals surface area contributed by atoms with Gasteiger partial charge in [0, 0.05) is 19.7 Å². The average molecular weight is 259 g/mol. The Morgan fingerprint density at radius 3 is 3.05 bits per heavy atom. The molecular weight excluding hydrogens is 238 g/mol. The molecule has 1 aromatic carbocycles. The number of hydrogen-bond donors (Lipinski definition) is 1. The van der Waals surface area contributed by atoms with Crippen molar-refractivity contribution in [1.29, 1.82) is 0 Å². The fourth-order valence-electron chi connectivity index (χ4n) is 2.73. The van der Waals surface area contributed by atoms with Gasteiger partial charge in [-0.2, -0.15) is 0 Å². The molecule has 1 aliphatic rings. The number of imidazole rings is 1. The van der Waals surface area contributed by atoms with Crippen LogP contribution in [0.5, 0.6) is 0 Å². The molecule has 2 aromatic rings. The quantitative estimate of drug-likeness (QED) is 0.915. The SMILES string of the molecule is C[C@H](NCc1nc2ccccc2n1C)[C@@H]1CCCO1. The minimum absolute atomic E-state index is 0.356. The topological polar surface area (TPSA) is 39.1 Å². The minimum Gasteiger partial charge on any atom is -0.377 e. The van der Waals surface area contributed by atoms with E-state index in [4.69, 9.17) is 4.74 Å². The Morgan fingerprint density at radius 2 is 2.32 bits per heavy atom. The average Bonchev–Trinajstić information content (AvgIpc) is 3.05. The highest BCUT2D eigenvalue weighted by atomic mass is 16.5. The second-order valence-corrected chi connectivity index (χ2v) is 5.30. The van der Waals surface area contributed by atoms with Crippen LogP contribution in [0.1, 0.15) is 25.6 Å². The molecule has 0 aliphatic carbocycles. The standard InChI is InChI=1S/C15H21N3O/c1-11(14-8-5-9-19-14)16-10-15-17-12-6-3-4-7-13(12)18(15)2/h3-4,6-7,11,14,16H,5,8-10H2,1-2H3/t11-,14-/m0/s1. The van der Waals surface area contributed by atoms with Crippen LogP contribution >= 0.6 is 0 Å². The van der Waals surface area contributed by atoms with Gasteiger partial charge < -0.3 is 14.6 Å². The normalized spacial score (nSPS) is 21.1. The van der Waals surface area contributed by atoms with Gasteiger partial charge in [0.15, 0.2) is 0 Å². The third kappa shape index (κ3) is 2.51. The van der Waals surface area contributed by atoms with Crippen LogP contribution < -0.4 is 5.32 Å². The summed E-state index contributed by atoms with van der Waals surface area (Å²) in [6.45, 7) is 3.88. The summed E-state index contributed by atoms with van der Waals surface area (Å²) in [4.78, 5) is 4.67. The third-order valence-electron chi connectivity index (χ3n) is 3.98. The van der Waals surface area contributed by atoms with Crippen LogP contribution in [0.2, 0.25) is 0 Å². The van der Waals surface area contributed by atoms with Crippen molar-refractivity contribution in [1.82, 2.24) is 14.9 Å². The minimum atomic E-state index is 0.356. The van der Waals surface area contributed by atoms with Gasteiger partial charge in [0.25, 0.3) is 0 Å². The van der Waals surface area contributed by atoms with E-state index in [0.29, 0.717) is 12.1 Å². The molecule has 0 amide bonds. The number of fused-ring (bicyclic) bond motifs is 1. The molecule has 2 atom stereocenters. The van der Waals surface area contributed by atoms with Gasteiger partial charge in [-0.3, -0.25) is 0 Å². The van der Waals surface area contributed by atoms with Crippen molar-refractivity contribution in [2.75, 3.05) is 6.61 Å². The Bertz CT molecular complexity index is 558. The number of ether oxygens (including phenoxy) is 1. The van der Waals surface area contributed by atoms with Gasteiger partial charge in [-0.05, 0) is 31.9 Å². The second kappa shape index (κ2) is 5.31. The van der Waals surface area contributed by atoms with E-state index in [2.05, 4.69) is 47.0 Å². The zero-order valence-electron chi connectivity index (χ0n) is 11.6. The van der Waals surface area contributed by atoms with Gasteiger partial charge in [0.1, 0.15) is 5.82 Å². The molecule has 1 aromatic heterocycles. The summed E-state index contributed by atoms with van der Waals surface area (Å²) < 4.78 is 7.86. The number of nitrogens with one attached hydrogen (secondary N) is 1. The summed E-state index contributed by atoms with van der Waals surface area (Å²) >= 11 is 0. The van der Waals surface area contributed by atoms with Gasteiger partial charge in [0.05, 0.1) is 23.7 Å². The Hall–Kier alpha value is -1.39. The van der Waals surface area contributed by atoms with Gasteiger partial charge in [0.2, 0.25) is 0 Å². The first-order valence-electron chi connectivity index (χ1n) is 7.01. The van der Waals surface area contributed by atoms with Gasteiger partial charge >= 0.3 is 0 Å². The van der Waals surface area contributed by atoms with E-state index >= 15 is 0 Å². The van der Waals surface area contributed by atoms with Crippen LogP contribution in [-0.2, 0) is 18.3 Å². The molecule has 0 spiro atoms. The molecule has 19 heavy (non-hydrogen) atoms. The fourth-order valence-corrected chi connectivity index (χ4v) is 2.73. The molecule has 0 unspecified atom stereocenters. The largest absolute Gasteiger partial charge is 0.377 e. The number of rotatable bonds is 4. The van der Waals surface area contributed by atoms with E-state index in [1.54, 1.807) is 0 Å². The van der Waals surface area contributed by atoms with E-state index in [-0.39, 0.29) is 0 Å². The van der Waals surface area contributed by atoms with Crippen molar-refractivity contribution in [2.45, 2.75) is 38.5 Å². The Morgan fingerprint density at radius 1 is 1.47 bits per heavy atom. The molecule has 0 saturated carbocycles. The molecule has 1 fully saturated rings. The zero-order chi connectivity index (χ0) is 13.2. The Balaban J connectivity index is 1.69.